The van der Waals surface area contributed by atoms with Crippen molar-refractivity contribution in [3.63, 3.8) is 0 Å². The van der Waals surface area contributed by atoms with E-state index in [2.05, 4.69) is 0 Å². The highest BCUT2D eigenvalue weighted by atomic mass is 32.1. The fraction of sp³-hybridized carbons (Fsp3) is 0. The summed E-state index contributed by atoms with van der Waals surface area (Å²) in [5.74, 6) is -0.535. The summed E-state index contributed by atoms with van der Waals surface area (Å²) in [6.07, 6.45) is 0. The van der Waals surface area contributed by atoms with Crippen LogP contribution in [0.2, 0.25) is 0 Å². The third-order valence-corrected chi connectivity index (χ3v) is 2.70. The molecule has 0 saturated carbocycles. The van der Waals surface area contributed by atoms with Gasteiger partial charge in [0.05, 0.1) is 5.56 Å². The standard InChI is InChI=1S/C9H4FNOS/c10-7-2-6-8(12)4-13-9(6)1-5(7)3-11/h1-2,4,12H. The van der Waals surface area contributed by atoms with Crippen molar-refractivity contribution < 1.29 is 9.50 Å². The van der Waals surface area contributed by atoms with Crippen molar-refractivity contribution in [2.75, 3.05) is 0 Å². The maximum Gasteiger partial charge on any atom is 0.141 e. The number of hydrogen-bond donors (Lipinski definition) is 1. The van der Waals surface area contributed by atoms with Crippen LogP contribution in [0.4, 0.5) is 4.39 Å². The van der Waals surface area contributed by atoms with Gasteiger partial charge in [0, 0.05) is 15.5 Å². The first-order chi connectivity index (χ1) is 6.22. The predicted molar refractivity (Wildman–Crippen MR) is 48.2 cm³/mol. The number of rotatable bonds is 0. The quantitative estimate of drug-likeness (QED) is 0.698. The first-order valence-corrected chi connectivity index (χ1v) is 4.40. The molecule has 4 heteroatoms. The van der Waals surface area contributed by atoms with E-state index in [1.807, 2.05) is 0 Å². The van der Waals surface area contributed by atoms with Crippen LogP contribution in [0.3, 0.4) is 0 Å². The van der Waals surface area contributed by atoms with E-state index in [1.165, 1.54) is 28.8 Å². The minimum atomic E-state index is -0.594. The highest BCUT2D eigenvalue weighted by molar-refractivity contribution is 7.17. The zero-order valence-corrected chi connectivity index (χ0v) is 7.23. The van der Waals surface area contributed by atoms with Gasteiger partial charge in [-0.2, -0.15) is 5.26 Å². The molecule has 0 aliphatic heterocycles. The summed E-state index contributed by atoms with van der Waals surface area (Å²) >= 11 is 1.28. The number of nitriles is 1. The van der Waals surface area contributed by atoms with Gasteiger partial charge in [-0.05, 0) is 12.1 Å². The van der Waals surface area contributed by atoms with E-state index >= 15 is 0 Å². The molecular weight excluding hydrogens is 189 g/mol. The Hall–Kier alpha value is -1.60. The molecule has 2 rings (SSSR count). The summed E-state index contributed by atoms with van der Waals surface area (Å²) in [4.78, 5) is 0. The summed E-state index contributed by atoms with van der Waals surface area (Å²) in [6.45, 7) is 0. The summed E-state index contributed by atoms with van der Waals surface area (Å²) in [5.41, 5.74) is 0.00866. The van der Waals surface area contributed by atoms with Gasteiger partial charge in [0.25, 0.3) is 0 Å². The van der Waals surface area contributed by atoms with E-state index in [9.17, 15) is 9.50 Å². The van der Waals surface area contributed by atoms with Gasteiger partial charge in [0.15, 0.2) is 0 Å². The second kappa shape index (κ2) is 2.71. The summed E-state index contributed by atoms with van der Waals surface area (Å²) in [5, 5.41) is 19.8. The van der Waals surface area contributed by atoms with Gasteiger partial charge in [0.1, 0.15) is 17.6 Å². The van der Waals surface area contributed by atoms with E-state index in [-0.39, 0.29) is 11.3 Å². The van der Waals surface area contributed by atoms with Crippen LogP contribution in [-0.2, 0) is 0 Å². The average Bonchev–Trinajstić information content (AvgIpc) is 2.47. The number of benzene rings is 1. The molecule has 2 nitrogen and oxygen atoms in total. The molecule has 0 bridgehead atoms. The molecule has 0 atom stereocenters. The Balaban J connectivity index is 2.85. The summed E-state index contributed by atoms with van der Waals surface area (Å²) in [7, 11) is 0. The second-order valence-electron chi connectivity index (χ2n) is 2.56. The number of halogens is 1. The van der Waals surface area contributed by atoms with Crippen molar-refractivity contribution in [1.29, 1.82) is 5.26 Å². The Labute approximate surface area is 77.5 Å². The van der Waals surface area contributed by atoms with Gasteiger partial charge in [0.2, 0.25) is 0 Å². The Kier molecular flexibility index (Phi) is 1.67. The van der Waals surface area contributed by atoms with Crippen LogP contribution in [0, 0.1) is 17.1 Å². The number of thiophene rings is 1. The molecule has 64 valence electrons. The van der Waals surface area contributed by atoms with Crippen molar-refractivity contribution in [2.45, 2.75) is 0 Å². The molecule has 0 unspecified atom stereocenters. The molecule has 1 N–H and O–H groups in total. The molecule has 13 heavy (non-hydrogen) atoms. The first kappa shape index (κ1) is 8.02. The van der Waals surface area contributed by atoms with Gasteiger partial charge in [-0.15, -0.1) is 11.3 Å². The topological polar surface area (TPSA) is 44.0 Å². The van der Waals surface area contributed by atoms with Crippen LogP contribution in [0.25, 0.3) is 10.1 Å². The van der Waals surface area contributed by atoms with Crippen LogP contribution in [0.5, 0.6) is 5.75 Å². The van der Waals surface area contributed by atoms with Crippen molar-refractivity contribution in [3.05, 3.63) is 28.9 Å². The lowest BCUT2D eigenvalue weighted by Gasteiger charge is -1.93. The molecule has 0 saturated heterocycles. The lowest BCUT2D eigenvalue weighted by Crippen LogP contribution is -1.81. The van der Waals surface area contributed by atoms with Crippen LogP contribution in [0.15, 0.2) is 17.5 Å². The smallest absolute Gasteiger partial charge is 0.141 e. The monoisotopic (exact) mass is 193 g/mol. The van der Waals surface area contributed by atoms with Gasteiger partial charge < -0.3 is 5.11 Å². The van der Waals surface area contributed by atoms with Gasteiger partial charge in [-0.25, -0.2) is 4.39 Å². The van der Waals surface area contributed by atoms with Gasteiger partial charge in [-0.3, -0.25) is 0 Å². The number of hydrogen-bond acceptors (Lipinski definition) is 3. The fourth-order valence-electron chi connectivity index (χ4n) is 1.12. The van der Waals surface area contributed by atoms with E-state index in [1.54, 1.807) is 6.07 Å². The lowest BCUT2D eigenvalue weighted by molar-refractivity contribution is 0.483. The molecule has 0 aliphatic rings. The van der Waals surface area contributed by atoms with Crippen LogP contribution >= 0.6 is 11.3 Å². The Bertz CT molecular complexity index is 512. The Morgan fingerprint density at radius 3 is 2.92 bits per heavy atom. The highest BCUT2D eigenvalue weighted by Gasteiger charge is 2.08. The zero-order valence-electron chi connectivity index (χ0n) is 6.41. The summed E-state index contributed by atoms with van der Waals surface area (Å²) < 4.78 is 13.8. The normalized spacial score (nSPS) is 10.2. The summed E-state index contributed by atoms with van der Waals surface area (Å²) in [6, 6.07) is 4.37. The highest BCUT2D eigenvalue weighted by Crippen LogP contribution is 2.32. The first-order valence-electron chi connectivity index (χ1n) is 3.52. The third-order valence-electron chi connectivity index (χ3n) is 1.76. The van der Waals surface area contributed by atoms with Gasteiger partial charge >= 0.3 is 0 Å². The molecule has 0 radical (unpaired) electrons. The predicted octanol–water partition coefficient (Wildman–Crippen LogP) is 2.62. The maximum absolute atomic E-state index is 13.0. The van der Waals surface area contributed by atoms with Crippen molar-refractivity contribution in [3.8, 4) is 11.8 Å². The van der Waals surface area contributed by atoms with E-state index in [4.69, 9.17) is 5.26 Å². The molecule has 0 fully saturated rings. The van der Waals surface area contributed by atoms with Crippen LogP contribution in [0.1, 0.15) is 5.56 Å². The molecule has 0 amide bonds. The van der Waals surface area contributed by atoms with E-state index in [0.717, 1.165) is 4.70 Å². The second-order valence-corrected chi connectivity index (χ2v) is 3.47. The van der Waals surface area contributed by atoms with Crippen molar-refractivity contribution in [1.82, 2.24) is 0 Å². The maximum atomic E-state index is 13.0. The fourth-order valence-corrected chi connectivity index (χ4v) is 1.96. The Morgan fingerprint density at radius 2 is 2.23 bits per heavy atom. The molecule has 0 spiro atoms. The lowest BCUT2D eigenvalue weighted by atomic mass is 10.2. The third kappa shape index (κ3) is 1.14. The van der Waals surface area contributed by atoms with E-state index in [0.29, 0.717) is 5.39 Å². The zero-order chi connectivity index (χ0) is 9.42. The molecule has 1 aromatic carbocycles. The number of aromatic hydroxyl groups is 1. The SMILES string of the molecule is N#Cc1cc2scc(O)c2cc1F. The molecular formula is C9H4FNOS. The van der Waals surface area contributed by atoms with Crippen LogP contribution in [-0.4, -0.2) is 5.11 Å². The number of nitrogens with zero attached hydrogens (tertiary/aromatic N) is 1. The molecule has 1 heterocycles. The molecule has 0 aliphatic carbocycles. The molecule has 1 aromatic heterocycles. The van der Waals surface area contributed by atoms with Crippen molar-refractivity contribution in [2.24, 2.45) is 0 Å². The average molecular weight is 193 g/mol. The minimum Gasteiger partial charge on any atom is -0.506 e. The minimum absolute atomic E-state index is 0.00866. The number of fused-ring (bicyclic) bond motifs is 1. The van der Waals surface area contributed by atoms with Crippen LogP contribution < -0.4 is 0 Å². The van der Waals surface area contributed by atoms with Gasteiger partial charge in [-0.1, -0.05) is 0 Å². The van der Waals surface area contributed by atoms with Crippen molar-refractivity contribution >= 4 is 21.4 Å². The van der Waals surface area contributed by atoms with E-state index < -0.39 is 5.82 Å². The molecule has 2 aromatic rings. The largest absolute Gasteiger partial charge is 0.506 e. The Morgan fingerprint density at radius 1 is 1.46 bits per heavy atom.